The molecule has 0 spiro atoms. The fourth-order valence-corrected chi connectivity index (χ4v) is 3.45. The highest BCUT2D eigenvalue weighted by atomic mass is 16.6. The third kappa shape index (κ3) is 2.27. The number of ether oxygens (including phenoxy) is 1. The molecule has 3 heteroatoms. The van der Waals surface area contributed by atoms with Crippen LogP contribution in [-0.4, -0.2) is 29.2 Å². The van der Waals surface area contributed by atoms with Gasteiger partial charge in [0.05, 0.1) is 12.7 Å². The smallest absolute Gasteiger partial charge is 0.158 e. The Kier molecular flexibility index (Phi) is 3.57. The van der Waals surface area contributed by atoms with Gasteiger partial charge in [-0.05, 0) is 30.6 Å². The first kappa shape index (κ1) is 12.3. The quantitative estimate of drug-likeness (QED) is 0.721. The first-order valence-corrected chi connectivity index (χ1v) is 6.50. The number of rotatable bonds is 1. The minimum atomic E-state index is -0.693. The van der Waals surface area contributed by atoms with Crippen molar-refractivity contribution in [2.75, 3.05) is 6.61 Å². The van der Waals surface area contributed by atoms with Gasteiger partial charge in [-0.15, -0.1) is 0 Å². The molecule has 1 saturated heterocycles. The van der Waals surface area contributed by atoms with Gasteiger partial charge in [-0.2, -0.15) is 0 Å². The van der Waals surface area contributed by atoms with Crippen LogP contribution in [0.25, 0.3) is 0 Å². The first-order chi connectivity index (χ1) is 7.52. The minimum absolute atomic E-state index is 0.0701. The van der Waals surface area contributed by atoms with Crippen molar-refractivity contribution in [1.29, 1.82) is 0 Å². The van der Waals surface area contributed by atoms with Gasteiger partial charge < -0.3 is 14.9 Å². The summed E-state index contributed by atoms with van der Waals surface area (Å²) in [6.45, 7) is 5.00. The van der Waals surface area contributed by atoms with Gasteiger partial charge in [-0.25, -0.2) is 0 Å². The Hall–Kier alpha value is -0.120. The molecule has 1 saturated carbocycles. The molecule has 3 nitrogen and oxygen atoms in total. The molecular formula is C13H24O3. The molecule has 2 unspecified atom stereocenters. The van der Waals surface area contributed by atoms with Crippen molar-refractivity contribution in [3.05, 3.63) is 0 Å². The van der Waals surface area contributed by atoms with Crippen LogP contribution in [0.1, 0.15) is 46.0 Å². The standard InChI is InChI=1S/C13H24O3/c1-13(2)7-8-16-12(15)11(13)9-5-3-4-6-10(9)14/h9-12,14-15H,3-8H2,1-2H3/t9?,10?,11-,12-/m0/s1. The lowest BCUT2D eigenvalue weighted by atomic mass is 9.64. The van der Waals surface area contributed by atoms with E-state index >= 15 is 0 Å². The van der Waals surface area contributed by atoms with Gasteiger partial charge >= 0.3 is 0 Å². The topological polar surface area (TPSA) is 49.7 Å². The summed E-state index contributed by atoms with van der Waals surface area (Å²) in [6.07, 6.45) is 4.20. The van der Waals surface area contributed by atoms with E-state index in [0.717, 1.165) is 25.7 Å². The van der Waals surface area contributed by atoms with Gasteiger partial charge in [0.15, 0.2) is 6.29 Å². The summed E-state index contributed by atoms with van der Waals surface area (Å²) in [4.78, 5) is 0. The highest BCUT2D eigenvalue weighted by Gasteiger charge is 2.46. The lowest BCUT2D eigenvalue weighted by Gasteiger charge is -2.48. The molecule has 1 aliphatic heterocycles. The second-order valence-electron chi connectivity index (χ2n) is 6.04. The number of aliphatic hydroxyl groups is 2. The van der Waals surface area contributed by atoms with Gasteiger partial charge in [0.2, 0.25) is 0 Å². The average Bonchev–Trinajstić information content (AvgIpc) is 2.19. The fraction of sp³-hybridized carbons (Fsp3) is 1.00. The Labute approximate surface area is 97.8 Å². The van der Waals surface area contributed by atoms with Crippen LogP contribution in [0.2, 0.25) is 0 Å². The molecule has 2 N–H and O–H groups in total. The number of hydrogen-bond acceptors (Lipinski definition) is 3. The minimum Gasteiger partial charge on any atom is -0.393 e. The van der Waals surface area contributed by atoms with Crippen molar-refractivity contribution in [1.82, 2.24) is 0 Å². The molecule has 1 heterocycles. The summed E-state index contributed by atoms with van der Waals surface area (Å²) < 4.78 is 5.37. The Balaban J connectivity index is 2.14. The van der Waals surface area contributed by atoms with Crippen molar-refractivity contribution < 1.29 is 14.9 Å². The zero-order valence-corrected chi connectivity index (χ0v) is 10.4. The number of aliphatic hydroxyl groups excluding tert-OH is 2. The normalized spacial score (nSPS) is 44.2. The van der Waals surface area contributed by atoms with Crippen LogP contribution in [0.4, 0.5) is 0 Å². The van der Waals surface area contributed by atoms with Gasteiger partial charge in [0.1, 0.15) is 0 Å². The van der Waals surface area contributed by atoms with E-state index in [2.05, 4.69) is 13.8 Å². The predicted molar refractivity (Wildman–Crippen MR) is 61.8 cm³/mol. The largest absolute Gasteiger partial charge is 0.393 e. The summed E-state index contributed by atoms with van der Waals surface area (Å²) in [5.74, 6) is 0.288. The Morgan fingerprint density at radius 2 is 1.81 bits per heavy atom. The molecule has 1 aliphatic carbocycles. The Morgan fingerprint density at radius 3 is 2.44 bits per heavy atom. The van der Waals surface area contributed by atoms with Crippen LogP contribution in [0.3, 0.4) is 0 Å². The Bertz CT molecular complexity index is 239. The van der Waals surface area contributed by atoms with Crippen molar-refractivity contribution in [2.24, 2.45) is 17.3 Å². The van der Waals surface area contributed by atoms with E-state index in [0.29, 0.717) is 6.61 Å². The van der Waals surface area contributed by atoms with E-state index in [4.69, 9.17) is 4.74 Å². The summed E-state index contributed by atoms with van der Waals surface area (Å²) in [5, 5.41) is 20.1. The van der Waals surface area contributed by atoms with Gasteiger partial charge in [-0.1, -0.05) is 26.7 Å². The predicted octanol–water partition coefficient (Wildman–Crippen LogP) is 1.92. The van der Waals surface area contributed by atoms with Crippen LogP contribution < -0.4 is 0 Å². The summed E-state index contributed by atoms with van der Waals surface area (Å²) in [6, 6.07) is 0. The molecule has 0 amide bonds. The van der Waals surface area contributed by atoms with Crippen LogP contribution in [0, 0.1) is 17.3 Å². The molecule has 0 aromatic rings. The van der Waals surface area contributed by atoms with E-state index in [1.807, 2.05) is 0 Å². The molecule has 0 radical (unpaired) electrons. The second kappa shape index (κ2) is 4.63. The summed E-state index contributed by atoms with van der Waals surface area (Å²) in [5.41, 5.74) is 0.0701. The Morgan fingerprint density at radius 1 is 1.12 bits per heavy atom. The van der Waals surface area contributed by atoms with Crippen molar-refractivity contribution in [2.45, 2.75) is 58.3 Å². The van der Waals surface area contributed by atoms with Crippen LogP contribution in [-0.2, 0) is 4.74 Å². The average molecular weight is 228 g/mol. The van der Waals surface area contributed by atoms with E-state index in [1.165, 1.54) is 6.42 Å². The molecule has 2 fully saturated rings. The van der Waals surface area contributed by atoms with Gasteiger partial charge in [0.25, 0.3) is 0 Å². The summed E-state index contributed by atoms with van der Waals surface area (Å²) >= 11 is 0. The van der Waals surface area contributed by atoms with Gasteiger partial charge in [-0.3, -0.25) is 0 Å². The van der Waals surface area contributed by atoms with Crippen molar-refractivity contribution >= 4 is 0 Å². The molecule has 0 aromatic heterocycles. The lowest BCUT2D eigenvalue weighted by molar-refractivity contribution is -0.223. The molecule has 16 heavy (non-hydrogen) atoms. The molecular weight excluding hydrogens is 204 g/mol. The fourth-order valence-electron chi connectivity index (χ4n) is 3.45. The zero-order valence-electron chi connectivity index (χ0n) is 10.4. The summed E-state index contributed by atoms with van der Waals surface area (Å²) in [7, 11) is 0. The van der Waals surface area contributed by atoms with E-state index in [9.17, 15) is 10.2 Å². The molecule has 0 bridgehead atoms. The third-order valence-corrected chi connectivity index (χ3v) is 4.49. The SMILES string of the molecule is CC1(C)CCO[C@H](O)[C@@H]1C1CCCCC1O. The maximum absolute atomic E-state index is 10.1. The van der Waals surface area contributed by atoms with Crippen LogP contribution in [0.15, 0.2) is 0 Å². The van der Waals surface area contributed by atoms with Gasteiger partial charge in [0, 0.05) is 5.92 Å². The monoisotopic (exact) mass is 228 g/mol. The maximum atomic E-state index is 10.1. The number of hydrogen-bond donors (Lipinski definition) is 2. The third-order valence-electron chi connectivity index (χ3n) is 4.49. The van der Waals surface area contributed by atoms with Crippen molar-refractivity contribution in [3.8, 4) is 0 Å². The maximum Gasteiger partial charge on any atom is 0.158 e. The van der Waals surface area contributed by atoms with Crippen molar-refractivity contribution in [3.63, 3.8) is 0 Å². The zero-order chi connectivity index (χ0) is 11.8. The molecule has 2 aliphatic rings. The van der Waals surface area contributed by atoms with E-state index in [1.54, 1.807) is 0 Å². The van der Waals surface area contributed by atoms with E-state index < -0.39 is 6.29 Å². The van der Waals surface area contributed by atoms with E-state index in [-0.39, 0.29) is 23.4 Å². The van der Waals surface area contributed by atoms with Crippen LogP contribution >= 0.6 is 0 Å². The molecule has 2 rings (SSSR count). The lowest BCUT2D eigenvalue weighted by Crippen LogP contribution is -2.49. The second-order valence-corrected chi connectivity index (χ2v) is 6.04. The highest BCUT2D eigenvalue weighted by molar-refractivity contribution is 4.92. The first-order valence-electron chi connectivity index (χ1n) is 6.50. The molecule has 4 atom stereocenters. The molecule has 94 valence electrons. The highest BCUT2D eigenvalue weighted by Crippen LogP contribution is 2.46. The molecule has 0 aromatic carbocycles. The van der Waals surface area contributed by atoms with Crippen LogP contribution in [0.5, 0.6) is 0 Å².